The van der Waals surface area contributed by atoms with Crippen molar-refractivity contribution in [3.05, 3.63) is 45.4 Å². The number of methoxy groups -OCH3 is 1. The van der Waals surface area contributed by atoms with Crippen molar-refractivity contribution in [1.82, 2.24) is 20.5 Å². The summed E-state index contributed by atoms with van der Waals surface area (Å²) >= 11 is 7.17. The van der Waals surface area contributed by atoms with Crippen LogP contribution in [0.3, 0.4) is 0 Å². The Kier molecular flexibility index (Phi) is 8.83. The zero-order chi connectivity index (χ0) is 22.9. The van der Waals surface area contributed by atoms with Gasteiger partial charge in [-0.05, 0) is 43.5 Å². The zero-order valence-corrected chi connectivity index (χ0v) is 19.3. The van der Waals surface area contributed by atoms with Crippen molar-refractivity contribution < 1.29 is 19.1 Å². The first-order valence-electron chi connectivity index (χ1n) is 10.3. The van der Waals surface area contributed by atoms with E-state index in [9.17, 15) is 14.4 Å². The van der Waals surface area contributed by atoms with E-state index in [1.54, 1.807) is 41.7 Å². The van der Waals surface area contributed by atoms with Crippen molar-refractivity contribution in [2.24, 2.45) is 0 Å². The van der Waals surface area contributed by atoms with E-state index < -0.39 is 11.9 Å². The number of hydrogen-bond acceptors (Lipinski definition) is 6. The number of carbonyl (C=O) groups is 3. The molecule has 1 aliphatic rings. The number of anilines is 1. The summed E-state index contributed by atoms with van der Waals surface area (Å²) in [4.78, 5) is 43.3. The fourth-order valence-electron chi connectivity index (χ4n) is 3.15. The Hall–Kier alpha value is -2.69. The smallest absolute Gasteiger partial charge is 0.322 e. The number of aromatic nitrogens is 1. The molecule has 0 saturated carbocycles. The molecule has 32 heavy (non-hydrogen) atoms. The minimum absolute atomic E-state index is 0.170. The van der Waals surface area contributed by atoms with Crippen LogP contribution in [0, 0.1) is 0 Å². The number of thiazole rings is 1. The predicted molar refractivity (Wildman–Crippen MR) is 123 cm³/mol. The summed E-state index contributed by atoms with van der Waals surface area (Å²) in [5, 5.41) is 11.2. The van der Waals surface area contributed by atoms with Crippen molar-refractivity contribution in [3.8, 4) is 0 Å². The lowest BCUT2D eigenvalue weighted by atomic mass is 10.1. The lowest BCUT2D eigenvalue weighted by Crippen LogP contribution is -2.45. The highest BCUT2D eigenvalue weighted by atomic mass is 35.5. The van der Waals surface area contributed by atoms with Gasteiger partial charge in [-0.2, -0.15) is 0 Å². The Morgan fingerprint density at radius 3 is 2.84 bits per heavy atom. The highest BCUT2D eigenvalue weighted by Crippen LogP contribution is 2.17. The lowest BCUT2D eigenvalue weighted by Gasteiger charge is -2.21. The number of nitrogens with one attached hydrogen (secondary N) is 3. The topological polar surface area (TPSA) is 113 Å². The molecule has 2 aromatic rings. The van der Waals surface area contributed by atoms with E-state index >= 15 is 0 Å². The molecule has 1 aliphatic heterocycles. The molecule has 0 bridgehead atoms. The molecule has 1 fully saturated rings. The largest absolute Gasteiger partial charge is 0.383 e. The molecule has 0 radical (unpaired) electrons. The molecule has 0 aliphatic carbocycles. The monoisotopic (exact) mass is 479 g/mol. The van der Waals surface area contributed by atoms with Gasteiger partial charge in [0.25, 0.3) is 5.91 Å². The molecule has 1 saturated heterocycles. The summed E-state index contributed by atoms with van der Waals surface area (Å²) in [7, 11) is 1.56. The molecular formula is C21H26ClN5O4S. The van der Waals surface area contributed by atoms with Crippen molar-refractivity contribution in [3.63, 3.8) is 0 Å². The van der Waals surface area contributed by atoms with Gasteiger partial charge in [-0.15, -0.1) is 11.3 Å². The second kappa shape index (κ2) is 11.8. The Morgan fingerprint density at radius 1 is 1.31 bits per heavy atom. The molecule has 11 heteroatoms. The third-order valence-corrected chi connectivity index (χ3v) is 5.98. The molecular weight excluding hydrogens is 454 g/mol. The number of urea groups is 1. The van der Waals surface area contributed by atoms with Gasteiger partial charge in [-0.1, -0.05) is 11.6 Å². The minimum atomic E-state index is -0.557. The molecule has 1 atom stereocenters. The van der Waals surface area contributed by atoms with E-state index in [0.29, 0.717) is 41.8 Å². The number of ether oxygens (including phenoxy) is 1. The Morgan fingerprint density at radius 2 is 2.09 bits per heavy atom. The first kappa shape index (κ1) is 24.0. The standard InChI is InChI=1S/C21H26ClN5O4S/c1-31-11-10-27(21(30)24-15-7-5-14(22)6-8-15)12-18-25-17(13-32-18)20(29)26-16-4-2-3-9-23-19(16)28/h5-8,13,16H,2-4,9-12H2,1H3,(H,23,28)(H,24,30)(H,26,29). The molecule has 172 valence electrons. The van der Waals surface area contributed by atoms with Gasteiger partial charge in [0, 0.05) is 36.3 Å². The van der Waals surface area contributed by atoms with Crippen LogP contribution in [0.15, 0.2) is 29.6 Å². The molecule has 2 heterocycles. The number of halogens is 1. The van der Waals surface area contributed by atoms with Gasteiger partial charge in [0.1, 0.15) is 16.7 Å². The van der Waals surface area contributed by atoms with Crippen molar-refractivity contribution in [1.29, 1.82) is 0 Å². The Labute approximate surface area is 195 Å². The van der Waals surface area contributed by atoms with Crippen molar-refractivity contribution >= 4 is 46.5 Å². The van der Waals surface area contributed by atoms with E-state index in [4.69, 9.17) is 16.3 Å². The fraction of sp³-hybridized carbons (Fsp3) is 0.429. The maximum absolute atomic E-state index is 12.8. The number of carbonyl (C=O) groups excluding carboxylic acids is 3. The van der Waals surface area contributed by atoms with E-state index in [0.717, 1.165) is 12.8 Å². The van der Waals surface area contributed by atoms with Gasteiger partial charge in [-0.25, -0.2) is 9.78 Å². The van der Waals surface area contributed by atoms with Crippen LogP contribution in [0.4, 0.5) is 10.5 Å². The highest BCUT2D eigenvalue weighted by Gasteiger charge is 2.24. The number of rotatable bonds is 8. The SMILES string of the molecule is COCCN(Cc1nc(C(=O)NC2CCCCNC2=O)cs1)C(=O)Nc1ccc(Cl)cc1. The summed E-state index contributed by atoms with van der Waals surface area (Å²) in [5.74, 6) is -0.570. The maximum atomic E-state index is 12.8. The molecule has 0 spiro atoms. The normalized spacial score (nSPS) is 16.1. The average molecular weight is 480 g/mol. The quantitative estimate of drug-likeness (QED) is 0.539. The van der Waals surface area contributed by atoms with Crippen LogP contribution in [0.5, 0.6) is 0 Å². The highest BCUT2D eigenvalue weighted by molar-refractivity contribution is 7.09. The summed E-state index contributed by atoms with van der Waals surface area (Å²) in [6, 6.07) is 5.93. The van der Waals surface area contributed by atoms with E-state index in [-0.39, 0.29) is 24.2 Å². The van der Waals surface area contributed by atoms with Crippen LogP contribution in [-0.4, -0.2) is 60.6 Å². The van der Waals surface area contributed by atoms with Crippen LogP contribution >= 0.6 is 22.9 Å². The third kappa shape index (κ3) is 6.91. The van der Waals surface area contributed by atoms with Crippen LogP contribution in [0.1, 0.15) is 34.8 Å². The van der Waals surface area contributed by atoms with Gasteiger partial charge < -0.3 is 25.6 Å². The number of amides is 4. The Balaban J connectivity index is 1.62. The van der Waals surface area contributed by atoms with Crippen LogP contribution in [-0.2, 0) is 16.1 Å². The molecule has 9 nitrogen and oxygen atoms in total. The third-order valence-electron chi connectivity index (χ3n) is 4.90. The summed E-state index contributed by atoms with van der Waals surface area (Å²) in [6.07, 6.45) is 2.36. The first-order valence-corrected chi connectivity index (χ1v) is 11.6. The van der Waals surface area contributed by atoms with Crippen molar-refractivity contribution in [2.75, 3.05) is 32.1 Å². The second-order valence-corrected chi connectivity index (χ2v) is 8.67. The zero-order valence-electron chi connectivity index (χ0n) is 17.7. The molecule has 1 unspecified atom stereocenters. The lowest BCUT2D eigenvalue weighted by molar-refractivity contribution is -0.122. The molecule has 3 N–H and O–H groups in total. The summed E-state index contributed by atoms with van der Waals surface area (Å²) in [6.45, 7) is 1.54. The van der Waals surface area contributed by atoms with Crippen LogP contribution in [0.25, 0.3) is 0 Å². The van der Waals surface area contributed by atoms with E-state index in [1.165, 1.54) is 11.3 Å². The van der Waals surface area contributed by atoms with Crippen molar-refractivity contribution in [2.45, 2.75) is 31.8 Å². The number of hydrogen-bond donors (Lipinski definition) is 3. The predicted octanol–water partition coefficient (Wildman–Crippen LogP) is 2.88. The molecule has 4 amide bonds. The van der Waals surface area contributed by atoms with E-state index in [1.807, 2.05) is 0 Å². The van der Waals surface area contributed by atoms with Gasteiger partial charge >= 0.3 is 6.03 Å². The van der Waals surface area contributed by atoms with Gasteiger partial charge in [0.15, 0.2) is 0 Å². The minimum Gasteiger partial charge on any atom is -0.383 e. The summed E-state index contributed by atoms with van der Waals surface area (Å²) < 4.78 is 5.12. The van der Waals surface area contributed by atoms with Gasteiger partial charge in [0.05, 0.1) is 13.2 Å². The summed E-state index contributed by atoms with van der Waals surface area (Å²) in [5.41, 5.74) is 0.842. The average Bonchev–Trinajstić information content (AvgIpc) is 3.16. The second-order valence-electron chi connectivity index (χ2n) is 7.29. The van der Waals surface area contributed by atoms with Gasteiger partial charge in [-0.3, -0.25) is 9.59 Å². The molecule has 1 aromatic heterocycles. The van der Waals surface area contributed by atoms with Crippen LogP contribution in [0.2, 0.25) is 5.02 Å². The first-order chi connectivity index (χ1) is 15.5. The van der Waals surface area contributed by atoms with Crippen LogP contribution < -0.4 is 16.0 Å². The molecule has 3 rings (SSSR count). The fourth-order valence-corrected chi connectivity index (χ4v) is 4.06. The van der Waals surface area contributed by atoms with Gasteiger partial charge in [0.2, 0.25) is 5.91 Å². The molecule has 1 aromatic carbocycles. The maximum Gasteiger partial charge on any atom is 0.322 e. The number of benzene rings is 1. The Bertz CT molecular complexity index is 937. The number of nitrogens with zero attached hydrogens (tertiary/aromatic N) is 2. The van der Waals surface area contributed by atoms with E-state index in [2.05, 4.69) is 20.9 Å².